The van der Waals surface area contributed by atoms with Gasteiger partial charge in [0.2, 0.25) is 0 Å². The van der Waals surface area contributed by atoms with Gasteiger partial charge in [0.05, 0.1) is 6.54 Å². The maximum Gasteiger partial charge on any atom is 0.333 e. The summed E-state index contributed by atoms with van der Waals surface area (Å²) in [5.74, 6) is 0.167. The van der Waals surface area contributed by atoms with E-state index in [0.717, 1.165) is 42.5 Å². The van der Waals surface area contributed by atoms with Crippen LogP contribution in [0.25, 0.3) is 0 Å². The van der Waals surface area contributed by atoms with Gasteiger partial charge in [0.25, 0.3) is 0 Å². The fourth-order valence-corrected chi connectivity index (χ4v) is 4.28. The molecule has 0 fully saturated rings. The fourth-order valence-electron chi connectivity index (χ4n) is 4.28. The molecule has 1 unspecified atom stereocenters. The predicted octanol–water partition coefficient (Wildman–Crippen LogP) is 6.16. The van der Waals surface area contributed by atoms with Gasteiger partial charge in [-0.3, -0.25) is 0 Å². The van der Waals surface area contributed by atoms with E-state index >= 15 is 0 Å². The van der Waals surface area contributed by atoms with Crippen LogP contribution in [0.4, 0.5) is 10.5 Å². The van der Waals surface area contributed by atoms with E-state index in [1.54, 1.807) is 6.92 Å². The van der Waals surface area contributed by atoms with Crippen LogP contribution in [-0.4, -0.2) is 54.4 Å². The van der Waals surface area contributed by atoms with E-state index in [2.05, 4.69) is 19.2 Å². The molecule has 0 saturated heterocycles. The maximum atomic E-state index is 13.2. The lowest BCUT2D eigenvalue weighted by Gasteiger charge is -2.28. The van der Waals surface area contributed by atoms with E-state index in [4.69, 9.17) is 9.47 Å². The number of nitrogens with zero attached hydrogens (tertiary/aromatic N) is 1. The molecule has 2 N–H and O–H groups in total. The van der Waals surface area contributed by atoms with Crippen molar-refractivity contribution >= 4 is 17.7 Å². The quantitative estimate of drug-likeness (QED) is 0.289. The SMILES string of the molecule is CCCC(CCC)CN(CCOc1ccc(CC(OCC)C(=O)O)cc1)C(=O)Nc1cccc(C)c1. The minimum atomic E-state index is -0.967. The standard InChI is InChI=1S/C29H42N2O5/c1-5-9-24(10-6-2)21-31(29(34)30-25-12-8-11-22(4)19-25)17-18-36-26-15-13-23(14-16-26)20-27(28(32)33)35-7-3/h8,11-16,19,24,27H,5-7,9-10,17-18,20-21H2,1-4H3,(H,30,34)(H,32,33). The third-order valence-corrected chi connectivity index (χ3v) is 6.05. The minimum Gasteiger partial charge on any atom is -0.492 e. The number of carbonyl (C=O) groups excluding carboxylic acids is 1. The summed E-state index contributed by atoms with van der Waals surface area (Å²) in [4.78, 5) is 26.3. The van der Waals surface area contributed by atoms with Crippen molar-refractivity contribution in [3.05, 3.63) is 59.7 Å². The summed E-state index contributed by atoms with van der Waals surface area (Å²) >= 11 is 0. The summed E-state index contributed by atoms with van der Waals surface area (Å²) in [5, 5.41) is 12.3. The van der Waals surface area contributed by atoms with Crippen molar-refractivity contribution in [1.29, 1.82) is 0 Å². The zero-order valence-corrected chi connectivity index (χ0v) is 22.2. The summed E-state index contributed by atoms with van der Waals surface area (Å²) in [7, 11) is 0. The molecule has 198 valence electrons. The van der Waals surface area contributed by atoms with Gasteiger partial charge in [0.1, 0.15) is 12.4 Å². The third-order valence-electron chi connectivity index (χ3n) is 6.05. The summed E-state index contributed by atoms with van der Waals surface area (Å²) in [5.41, 5.74) is 2.75. The molecular weight excluding hydrogens is 456 g/mol. The molecule has 0 aliphatic rings. The molecule has 7 heteroatoms. The number of hydrogen-bond acceptors (Lipinski definition) is 4. The highest BCUT2D eigenvalue weighted by atomic mass is 16.5. The van der Waals surface area contributed by atoms with Crippen LogP contribution >= 0.6 is 0 Å². The van der Waals surface area contributed by atoms with E-state index in [9.17, 15) is 14.7 Å². The lowest BCUT2D eigenvalue weighted by atomic mass is 9.98. The third kappa shape index (κ3) is 10.3. The van der Waals surface area contributed by atoms with Crippen LogP contribution in [0.1, 0.15) is 57.6 Å². The smallest absolute Gasteiger partial charge is 0.333 e. The number of aryl methyl sites for hydroxylation is 1. The molecule has 7 nitrogen and oxygen atoms in total. The van der Waals surface area contributed by atoms with Gasteiger partial charge in [-0.2, -0.15) is 0 Å². The lowest BCUT2D eigenvalue weighted by Crippen LogP contribution is -2.41. The first-order valence-corrected chi connectivity index (χ1v) is 13.0. The van der Waals surface area contributed by atoms with E-state index < -0.39 is 12.1 Å². The summed E-state index contributed by atoms with van der Waals surface area (Å²) in [6.07, 6.45) is 3.79. The number of nitrogens with one attached hydrogen (secondary N) is 1. The predicted molar refractivity (Wildman–Crippen MR) is 144 cm³/mol. The fraction of sp³-hybridized carbons (Fsp3) is 0.517. The minimum absolute atomic E-state index is 0.118. The Morgan fingerprint density at radius 2 is 1.72 bits per heavy atom. The Hall–Kier alpha value is -3.06. The van der Waals surface area contributed by atoms with Crippen LogP contribution in [0.2, 0.25) is 0 Å². The van der Waals surface area contributed by atoms with Crippen molar-refractivity contribution in [2.24, 2.45) is 5.92 Å². The van der Waals surface area contributed by atoms with Crippen molar-refractivity contribution in [3.63, 3.8) is 0 Å². The molecule has 0 aromatic heterocycles. The monoisotopic (exact) mass is 498 g/mol. The Morgan fingerprint density at radius 3 is 2.31 bits per heavy atom. The summed E-state index contributed by atoms with van der Waals surface area (Å²) in [6, 6.07) is 15.0. The number of rotatable bonds is 16. The van der Waals surface area contributed by atoms with E-state index in [1.165, 1.54) is 0 Å². The number of amides is 2. The second-order valence-corrected chi connectivity index (χ2v) is 9.17. The highest BCUT2D eigenvalue weighted by Gasteiger charge is 2.20. The normalized spacial score (nSPS) is 11.8. The van der Waals surface area contributed by atoms with Gasteiger partial charge in [-0.15, -0.1) is 0 Å². The lowest BCUT2D eigenvalue weighted by molar-refractivity contribution is -0.149. The van der Waals surface area contributed by atoms with Crippen LogP contribution in [0.3, 0.4) is 0 Å². The number of aliphatic carboxylic acids is 1. The topological polar surface area (TPSA) is 88.1 Å². The first-order chi connectivity index (χ1) is 17.4. The number of carboxylic acid groups (broad SMARTS) is 1. The number of ether oxygens (including phenoxy) is 2. The molecule has 0 radical (unpaired) electrons. The molecule has 0 heterocycles. The Labute approximate surface area is 215 Å². The summed E-state index contributed by atoms with van der Waals surface area (Å²) < 4.78 is 11.2. The van der Waals surface area contributed by atoms with Crippen molar-refractivity contribution in [3.8, 4) is 5.75 Å². The van der Waals surface area contributed by atoms with Gasteiger partial charge in [-0.25, -0.2) is 9.59 Å². The highest BCUT2D eigenvalue weighted by molar-refractivity contribution is 5.89. The Morgan fingerprint density at radius 1 is 1.03 bits per heavy atom. The van der Waals surface area contributed by atoms with E-state index in [0.29, 0.717) is 44.4 Å². The van der Waals surface area contributed by atoms with Crippen LogP contribution in [0.5, 0.6) is 5.75 Å². The van der Waals surface area contributed by atoms with E-state index in [-0.39, 0.29) is 6.03 Å². The van der Waals surface area contributed by atoms with Gasteiger partial charge in [-0.1, -0.05) is 51.0 Å². The molecule has 2 rings (SSSR count). The van der Waals surface area contributed by atoms with Gasteiger partial charge < -0.3 is 24.8 Å². The molecule has 36 heavy (non-hydrogen) atoms. The second-order valence-electron chi connectivity index (χ2n) is 9.17. The van der Waals surface area contributed by atoms with Crippen molar-refractivity contribution in [2.75, 3.05) is 31.6 Å². The number of benzene rings is 2. The molecule has 0 aliphatic heterocycles. The Bertz CT molecular complexity index is 926. The molecule has 0 spiro atoms. The van der Waals surface area contributed by atoms with Crippen molar-refractivity contribution < 1.29 is 24.2 Å². The van der Waals surface area contributed by atoms with E-state index in [1.807, 2.05) is 60.4 Å². The molecular formula is C29H42N2O5. The van der Waals surface area contributed by atoms with Gasteiger partial charge >= 0.3 is 12.0 Å². The maximum absolute atomic E-state index is 13.2. The van der Waals surface area contributed by atoms with Gasteiger partial charge in [-0.05, 0) is 68.0 Å². The molecule has 2 amide bonds. The average molecular weight is 499 g/mol. The molecule has 0 saturated carbocycles. The zero-order chi connectivity index (χ0) is 26.3. The second kappa shape index (κ2) is 15.8. The van der Waals surface area contributed by atoms with Gasteiger partial charge in [0, 0.05) is 25.3 Å². The molecule has 2 aromatic carbocycles. The molecule has 1 atom stereocenters. The van der Waals surface area contributed by atoms with Crippen molar-refractivity contribution in [2.45, 2.75) is 65.9 Å². The van der Waals surface area contributed by atoms with Crippen LogP contribution in [0.15, 0.2) is 48.5 Å². The van der Waals surface area contributed by atoms with Crippen LogP contribution in [-0.2, 0) is 16.0 Å². The number of anilines is 1. The zero-order valence-electron chi connectivity index (χ0n) is 22.2. The Balaban J connectivity index is 2.00. The average Bonchev–Trinajstić information content (AvgIpc) is 2.84. The van der Waals surface area contributed by atoms with Crippen LogP contribution < -0.4 is 10.1 Å². The molecule has 0 bridgehead atoms. The first kappa shape index (κ1) is 29.2. The number of carbonyl (C=O) groups is 2. The number of carboxylic acids is 1. The van der Waals surface area contributed by atoms with Crippen molar-refractivity contribution in [1.82, 2.24) is 4.90 Å². The van der Waals surface area contributed by atoms with Crippen LogP contribution in [0, 0.1) is 12.8 Å². The number of hydrogen-bond donors (Lipinski definition) is 2. The molecule has 2 aromatic rings. The highest BCUT2D eigenvalue weighted by Crippen LogP contribution is 2.18. The Kier molecular flexibility index (Phi) is 12.8. The largest absolute Gasteiger partial charge is 0.492 e. The molecule has 0 aliphatic carbocycles. The first-order valence-electron chi connectivity index (χ1n) is 13.0. The van der Waals surface area contributed by atoms with Gasteiger partial charge in [0.15, 0.2) is 6.10 Å². The summed E-state index contributed by atoms with van der Waals surface area (Å²) in [6.45, 7) is 10.0. The number of urea groups is 1.